The van der Waals surface area contributed by atoms with Gasteiger partial charge in [-0.15, -0.1) is 0 Å². The van der Waals surface area contributed by atoms with Crippen LogP contribution in [0.5, 0.6) is 0 Å². The summed E-state index contributed by atoms with van der Waals surface area (Å²) in [6.07, 6.45) is 0. The van der Waals surface area contributed by atoms with Crippen molar-refractivity contribution in [1.29, 1.82) is 0 Å². The van der Waals surface area contributed by atoms with E-state index in [1.54, 1.807) is 13.8 Å². The molecule has 0 rings (SSSR count). The Morgan fingerprint density at radius 3 is 2.38 bits per heavy atom. The number of hydrogen-bond donors (Lipinski definition) is 1. The maximum Gasteiger partial charge on any atom is 0.342 e. The zero-order valence-corrected chi connectivity index (χ0v) is 8.91. The van der Waals surface area contributed by atoms with Crippen molar-refractivity contribution in [3.8, 4) is 0 Å². The maximum atomic E-state index is 11.3. The van der Waals surface area contributed by atoms with E-state index in [1.807, 2.05) is 0 Å². The van der Waals surface area contributed by atoms with Gasteiger partial charge >= 0.3 is 13.6 Å². The second-order valence-corrected chi connectivity index (χ2v) is 4.57. The molecule has 0 aliphatic heterocycles. The van der Waals surface area contributed by atoms with E-state index in [9.17, 15) is 14.3 Å². The summed E-state index contributed by atoms with van der Waals surface area (Å²) in [5.74, 6) is -0.707. The van der Waals surface area contributed by atoms with Crippen molar-refractivity contribution in [2.75, 3.05) is 13.2 Å². The van der Waals surface area contributed by atoms with E-state index in [4.69, 9.17) is 0 Å². The van der Waals surface area contributed by atoms with Crippen LogP contribution in [0.2, 0.25) is 0 Å². The monoisotopic (exact) mass is 210 g/mol. The largest absolute Gasteiger partial charge is 0.465 e. The van der Waals surface area contributed by atoms with Crippen molar-refractivity contribution in [2.45, 2.75) is 26.4 Å². The first-order valence-corrected chi connectivity index (χ1v) is 5.74. The highest BCUT2D eigenvalue weighted by Crippen LogP contribution is 2.47. The smallest absolute Gasteiger partial charge is 0.342 e. The van der Waals surface area contributed by atoms with Crippen LogP contribution in [0.4, 0.5) is 0 Å². The number of carbonyl (C=O) groups excluding carboxylic acids is 1. The summed E-state index contributed by atoms with van der Waals surface area (Å²) in [5, 5.41) is 0. The minimum atomic E-state index is -3.84. The minimum absolute atomic E-state index is 0.0948. The first-order chi connectivity index (χ1) is 5.95. The van der Waals surface area contributed by atoms with Gasteiger partial charge in [-0.05, 0) is 20.8 Å². The molecule has 0 fully saturated rings. The van der Waals surface area contributed by atoms with Crippen molar-refractivity contribution in [3.05, 3.63) is 0 Å². The third kappa shape index (κ3) is 3.89. The van der Waals surface area contributed by atoms with Crippen LogP contribution in [0.3, 0.4) is 0 Å². The highest BCUT2D eigenvalue weighted by molar-refractivity contribution is 7.54. The van der Waals surface area contributed by atoms with Gasteiger partial charge in [-0.3, -0.25) is 9.36 Å². The lowest BCUT2D eigenvalue weighted by atomic mass is 10.5. The minimum Gasteiger partial charge on any atom is -0.465 e. The summed E-state index contributed by atoms with van der Waals surface area (Å²) in [7, 11) is -3.84. The molecule has 0 aliphatic rings. The fourth-order valence-electron chi connectivity index (χ4n) is 0.693. The molecule has 0 radical (unpaired) electrons. The molecule has 0 aromatic heterocycles. The van der Waals surface area contributed by atoms with Crippen LogP contribution >= 0.6 is 7.60 Å². The molecule has 6 heteroatoms. The number of ether oxygens (including phenoxy) is 1. The highest BCUT2D eigenvalue weighted by Gasteiger charge is 2.35. The SMILES string of the molecule is CCOC(=O)C(C)P(=O)(O)OCC. The Kier molecular flexibility index (Phi) is 5.21. The molecule has 0 spiro atoms. The van der Waals surface area contributed by atoms with Gasteiger partial charge < -0.3 is 14.2 Å². The van der Waals surface area contributed by atoms with E-state index < -0.39 is 19.2 Å². The molecular formula is C7H15O5P. The Morgan fingerprint density at radius 1 is 1.46 bits per heavy atom. The van der Waals surface area contributed by atoms with Gasteiger partial charge in [0.1, 0.15) is 0 Å². The van der Waals surface area contributed by atoms with Crippen LogP contribution in [0.25, 0.3) is 0 Å². The summed E-state index contributed by atoms with van der Waals surface area (Å²) in [5.41, 5.74) is -1.12. The second-order valence-electron chi connectivity index (χ2n) is 2.41. The predicted octanol–water partition coefficient (Wildman–Crippen LogP) is 1.16. The third-order valence-corrected chi connectivity index (χ3v) is 3.25. The van der Waals surface area contributed by atoms with E-state index in [1.165, 1.54) is 6.92 Å². The summed E-state index contributed by atoms with van der Waals surface area (Å²) in [6.45, 7) is 4.82. The topological polar surface area (TPSA) is 72.8 Å². The molecule has 0 bridgehead atoms. The van der Waals surface area contributed by atoms with Gasteiger partial charge in [0.2, 0.25) is 0 Å². The highest BCUT2D eigenvalue weighted by atomic mass is 31.2. The Balaban J connectivity index is 4.30. The molecule has 0 amide bonds. The van der Waals surface area contributed by atoms with Crippen molar-refractivity contribution in [3.63, 3.8) is 0 Å². The van der Waals surface area contributed by atoms with E-state index in [-0.39, 0.29) is 13.2 Å². The van der Waals surface area contributed by atoms with Crippen molar-refractivity contribution >= 4 is 13.6 Å². The van der Waals surface area contributed by atoms with Gasteiger partial charge in [0.05, 0.1) is 13.2 Å². The normalized spacial score (nSPS) is 17.5. The molecule has 2 unspecified atom stereocenters. The average molecular weight is 210 g/mol. The van der Waals surface area contributed by atoms with Crippen LogP contribution in [-0.4, -0.2) is 29.7 Å². The zero-order chi connectivity index (χ0) is 10.5. The van der Waals surface area contributed by atoms with Gasteiger partial charge in [0, 0.05) is 0 Å². The first kappa shape index (κ1) is 12.6. The molecule has 78 valence electrons. The lowest BCUT2D eigenvalue weighted by molar-refractivity contribution is -0.142. The first-order valence-electron chi connectivity index (χ1n) is 4.09. The average Bonchev–Trinajstić information content (AvgIpc) is 2.03. The second kappa shape index (κ2) is 5.37. The quantitative estimate of drug-likeness (QED) is 0.544. The summed E-state index contributed by atoms with van der Waals surface area (Å²) >= 11 is 0. The van der Waals surface area contributed by atoms with E-state index in [0.29, 0.717) is 0 Å². The fourth-order valence-corrected chi connectivity index (χ4v) is 1.63. The molecule has 13 heavy (non-hydrogen) atoms. The molecule has 0 heterocycles. The lowest BCUT2D eigenvalue weighted by Gasteiger charge is -2.16. The van der Waals surface area contributed by atoms with Gasteiger partial charge in [-0.2, -0.15) is 0 Å². The molecule has 5 nitrogen and oxygen atoms in total. The Bertz CT molecular complexity index is 215. The molecule has 0 saturated carbocycles. The zero-order valence-electron chi connectivity index (χ0n) is 8.02. The Labute approximate surface area is 77.6 Å². The van der Waals surface area contributed by atoms with E-state index >= 15 is 0 Å². The fraction of sp³-hybridized carbons (Fsp3) is 0.857. The number of hydrogen-bond acceptors (Lipinski definition) is 4. The van der Waals surface area contributed by atoms with E-state index in [2.05, 4.69) is 9.26 Å². The number of rotatable bonds is 5. The lowest BCUT2D eigenvalue weighted by Crippen LogP contribution is -2.21. The molecular weight excluding hydrogens is 195 g/mol. The molecule has 0 saturated heterocycles. The van der Waals surface area contributed by atoms with Crippen molar-refractivity contribution in [1.82, 2.24) is 0 Å². The predicted molar refractivity (Wildman–Crippen MR) is 47.5 cm³/mol. The van der Waals surface area contributed by atoms with Crippen LogP contribution in [0.15, 0.2) is 0 Å². The summed E-state index contributed by atoms with van der Waals surface area (Å²) in [4.78, 5) is 20.2. The van der Waals surface area contributed by atoms with Crippen molar-refractivity contribution in [2.24, 2.45) is 0 Å². The standard InChI is InChI=1S/C7H15O5P/c1-4-11-7(8)6(3)13(9,10)12-5-2/h6H,4-5H2,1-3H3,(H,9,10). The maximum absolute atomic E-state index is 11.3. The third-order valence-electron chi connectivity index (χ3n) is 1.43. The van der Waals surface area contributed by atoms with Gasteiger partial charge in [0.25, 0.3) is 0 Å². The molecule has 0 aromatic rings. The van der Waals surface area contributed by atoms with Gasteiger partial charge in [0.15, 0.2) is 5.66 Å². The molecule has 2 atom stereocenters. The molecule has 0 aliphatic carbocycles. The number of carbonyl (C=O) groups is 1. The number of esters is 1. The van der Waals surface area contributed by atoms with Gasteiger partial charge in [-0.25, -0.2) is 0 Å². The van der Waals surface area contributed by atoms with E-state index in [0.717, 1.165) is 0 Å². The summed E-state index contributed by atoms with van der Waals surface area (Å²) in [6, 6.07) is 0. The van der Waals surface area contributed by atoms with Crippen LogP contribution < -0.4 is 0 Å². The van der Waals surface area contributed by atoms with Gasteiger partial charge in [-0.1, -0.05) is 0 Å². The molecule has 1 N–H and O–H groups in total. The van der Waals surface area contributed by atoms with Crippen molar-refractivity contribution < 1.29 is 23.5 Å². The van der Waals surface area contributed by atoms with Crippen LogP contribution in [0.1, 0.15) is 20.8 Å². The van der Waals surface area contributed by atoms with Crippen LogP contribution in [0, 0.1) is 0 Å². The molecule has 0 aromatic carbocycles. The Hall–Kier alpha value is -0.380. The summed E-state index contributed by atoms with van der Waals surface area (Å²) < 4.78 is 20.4. The van der Waals surface area contributed by atoms with Crippen LogP contribution in [-0.2, 0) is 18.6 Å². The Morgan fingerprint density at radius 2 is 2.00 bits per heavy atom.